The lowest BCUT2D eigenvalue weighted by Gasteiger charge is -2.16. The number of hydrogen-bond acceptors (Lipinski definition) is 3. The quantitative estimate of drug-likeness (QED) is 0.803. The predicted molar refractivity (Wildman–Crippen MR) is 80.1 cm³/mol. The van der Waals surface area contributed by atoms with Gasteiger partial charge in [-0.25, -0.2) is 4.98 Å². The highest BCUT2D eigenvalue weighted by molar-refractivity contribution is 7.15. The van der Waals surface area contributed by atoms with Crippen LogP contribution in [-0.4, -0.2) is 20.6 Å². The maximum absolute atomic E-state index is 10.5. The number of aliphatic hydroxyl groups is 1. The van der Waals surface area contributed by atoms with Crippen molar-refractivity contribution < 1.29 is 5.11 Å². The van der Waals surface area contributed by atoms with Crippen molar-refractivity contribution in [3.8, 4) is 0 Å². The van der Waals surface area contributed by atoms with E-state index in [0.29, 0.717) is 12.3 Å². The number of aliphatic hydroxyl groups excluding tert-OH is 1. The van der Waals surface area contributed by atoms with Gasteiger partial charge in [-0.15, -0.1) is 11.3 Å². The minimum Gasteiger partial charge on any atom is -0.392 e. The van der Waals surface area contributed by atoms with Crippen LogP contribution in [0.5, 0.6) is 0 Å². The Kier molecular flexibility index (Phi) is 2.86. The van der Waals surface area contributed by atoms with Gasteiger partial charge in [0.05, 0.1) is 11.8 Å². The Morgan fingerprint density at radius 3 is 2.75 bits per heavy atom. The molecule has 2 heterocycles. The minimum absolute atomic E-state index is 0.313. The first-order valence-corrected chi connectivity index (χ1v) is 7.83. The standard InChI is InChI=1S/C16H16N2OS/c19-15(9-14-10-18-5-6-20-16(18)17-14)13-7-11-3-1-2-4-12(11)8-13/h1-6,10,13,15,19H,7-9H2. The van der Waals surface area contributed by atoms with Crippen LogP contribution in [0, 0.1) is 5.92 Å². The van der Waals surface area contributed by atoms with Crippen LogP contribution in [0.2, 0.25) is 0 Å². The third kappa shape index (κ3) is 2.05. The van der Waals surface area contributed by atoms with E-state index >= 15 is 0 Å². The van der Waals surface area contributed by atoms with Crippen molar-refractivity contribution in [1.29, 1.82) is 0 Å². The van der Waals surface area contributed by atoms with Gasteiger partial charge in [0.25, 0.3) is 0 Å². The van der Waals surface area contributed by atoms with Gasteiger partial charge >= 0.3 is 0 Å². The largest absolute Gasteiger partial charge is 0.392 e. The second-order valence-electron chi connectivity index (χ2n) is 5.53. The number of rotatable bonds is 3. The monoisotopic (exact) mass is 284 g/mol. The average molecular weight is 284 g/mol. The molecular weight excluding hydrogens is 268 g/mol. The second-order valence-corrected chi connectivity index (χ2v) is 6.41. The zero-order valence-electron chi connectivity index (χ0n) is 11.1. The molecule has 0 amide bonds. The van der Waals surface area contributed by atoms with Crippen molar-refractivity contribution in [3.63, 3.8) is 0 Å². The first-order valence-electron chi connectivity index (χ1n) is 6.95. The number of nitrogens with zero attached hydrogens (tertiary/aromatic N) is 2. The fraction of sp³-hybridized carbons (Fsp3) is 0.312. The number of thiazole rings is 1. The van der Waals surface area contributed by atoms with Crippen LogP contribution in [0.4, 0.5) is 0 Å². The fourth-order valence-corrected chi connectivity index (χ4v) is 3.84. The maximum atomic E-state index is 10.5. The predicted octanol–water partition coefficient (Wildman–Crippen LogP) is 2.71. The van der Waals surface area contributed by atoms with Crippen molar-refractivity contribution >= 4 is 16.3 Å². The summed E-state index contributed by atoms with van der Waals surface area (Å²) in [5.41, 5.74) is 3.77. The highest BCUT2D eigenvalue weighted by atomic mass is 32.1. The van der Waals surface area contributed by atoms with Crippen LogP contribution in [0.15, 0.2) is 42.0 Å². The first-order chi connectivity index (χ1) is 9.79. The molecule has 1 N–H and O–H groups in total. The minimum atomic E-state index is -0.313. The van der Waals surface area contributed by atoms with E-state index in [1.807, 2.05) is 22.2 Å². The van der Waals surface area contributed by atoms with Gasteiger partial charge in [0.15, 0.2) is 4.96 Å². The summed E-state index contributed by atoms with van der Waals surface area (Å²) in [5, 5.41) is 12.5. The third-order valence-electron chi connectivity index (χ3n) is 4.19. The fourth-order valence-electron chi connectivity index (χ4n) is 3.12. The third-order valence-corrected chi connectivity index (χ3v) is 4.96. The SMILES string of the molecule is OC(Cc1cn2ccsc2n1)C1Cc2ccccc2C1. The van der Waals surface area contributed by atoms with Crippen LogP contribution >= 0.6 is 11.3 Å². The molecule has 1 aliphatic carbocycles. The molecule has 20 heavy (non-hydrogen) atoms. The van der Waals surface area contributed by atoms with Crippen LogP contribution in [0.3, 0.4) is 0 Å². The zero-order chi connectivity index (χ0) is 13.5. The summed E-state index contributed by atoms with van der Waals surface area (Å²) in [7, 11) is 0. The Morgan fingerprint density at radius 1 is 1.30 bits per heavy atom. The van der Waals surface area contributed by atoms with Crippen molar-refractivity contribution in [2.45, 2.75) is 25.4 Å². The van der Waals surface area contributed by atoms with Gasteiger partial charge in [-0.05, 0) is 29.9 Å². The Labute approximate surface area is 121 Å². The van der Waals surface area contributed by atoms with Crippen LogP contribution in [0.1, 0.15) is 16.8 Å². The van der Waals surface area contributed by atoms with Gasteiger partial charge in [-0.2, -0.15) is 0 Å². The zero-order valence-corrected chi connectivity index (χ0v) is 11.9. The number of aromatic nitrogens is 2. The lowest BCUT2D eigenvalue weighted by atomic mass is 9.96. The van der Waals surface area contributed by atoms with E-state index in [1.54, 1.807) is 11.3 Å². The average Bonchev–Trinajstić information content (AvgIpc) is 3.10. The van der Waals surface area contributed by atoms with E-state index in [1.165, 1.54) is 11.1 Å². The highest BCUT2D eigenvalue weighted by Crippen LogP contribution is 2.29. The summed E-state index contributed by atoms with van der Waals surface area (Å²) in [5.74, 6) is 0.326. The van der Waals surface area contributed by atoms with E-state index in [0.717, 1.165) is 23.5 Å². The lowest BCUT2D eigenvalue weighted by molar-refractivity contribution is 0.112. The van der Waals surface area contributed by atoms with E-state index in [2.05, 4.69) is 29.2 Å². The smallest absolute Gasteiger partial charge is 0.193 e. The number of fused-ring (bicyclic) bond motifs is 2. The molecule has 1 aliphatic rings. The Hall–Kier alpha value is -1.65. The van der Waals surface area contributed by atoms with E-state index in [-0.39, 0.29) is 6.10 Å². The summed E-state index contributed by atoms with van der Waals surface area (Å²) in [6.07, 6.45) is 6.34. The van der Waals surface area contributed by atoms with Gasteiger partial charge < -0.3 is 5.11 Å². The van der Waals surface area contributed by atoms with Crippen molar-refractivity contribution in [3.05, 3.63) is 58.9 Å². The van der Waals surface area contributed by atoms with Crippen LogP contribution < -0.4 is 0 Å². The molecule has 1 aromatic carbocycles. The molecule has 4 heteroatoms. The Bertz CT molecular complexity index is 692. The van der Waals surface area contributed by atoms with Crippen molar-refractivity contribution in [2.24, 2.45) is 5.92 Å². The summed E-state index contributed by atoms with van der Waals surface area (Å²) in [6, 6.07) is 8.51. The molecule has 0 fully saturated rings. The Balaban J connectivity index is 1.49. The van der Waals surface area contributed by atoms with Crippen molar-refractivity contribution in [1.82, 2.24) is 9.38 Å². The molecule has 2 aromatic heterocycles. The molecule has 0 aliphatic heterocycles. The van der Waals surface area contributed by atoms with E-state index in [4.69, 9.17) is 0 Å². The topological polar surface area (TPSA) is 37.5 Å². The molecule has 3 aromatic rings. The van der Waals surface area contributed by atoms with Crippen LogP contribution in [-0.2, 0) is 19.3 Å². The van der Waals surface area contributed by atoms with Gasteiger partial charge in [0.2, 0.25) is 0 Å². The summed E-state index contributed by atoms with van der Waals surface area (Å²) in [6.45, 7) is 0. The Morgan fingerprint density at radius 2 is 2.05 bits per heavy atom. The molecule has 1 atom stereocenters. The normalized spacial score (nSPS) is 16.6. The summed E-state index contributed by atoms with van der Waals surface area (Å²) in [4.78, 5) is 5.56. The van der Waals surface area contributed by atoms with Gasteiger partial charge in [-0.3, -0.25) is 4.40 Å². The summed E-state index contributed by atoms with van der Waals surface area (Å²) < 4.78 is 2.02. The van der Waals surface area contributed by atoms with Gasteiger partial charge in [-0.1, -0.05) is 24.3 Å². The first kappa shape index (κ1) is 12.1. The highest BCUT2D eigenvalue weighted by Gasteiger charge is 2.27. The van der Waals surface area contributed by atoms with E-state index < -0.39 is 0 Å². The number of benzene rings is 1. The molecule has 0 radical (unpaired) electrons. The molecule has 0 saturated heterocycles. The second kappa shape index (κ2) is 4.72. The lowest BCUT2D eigenvalue weighted by Crippen LogP contribution is -2.23. The molecule has 4 rings (SSSR count). The van der Waals surface area contributed by atoms with Crippen molar-refractivity contribution in [2.75, 3.05) is 0 Å². The number of hydrogen-bond donors (Lipinski definition) is 1. The number of imidazole rings is 1. The van der Waals surface area contributed by atoms with Gasteiger partial charge in [0, 0.05) is 24.2 Å². The summed E-state index contributed by atoms with van der Waals surface area (Å²) >= 11 is 1.63. The molecular formula is C16H16N2OS. The molecule has 0 saturated carbocycles. The molecule has 3 nitrogen and oxygen atoms in total. The van der Waals surface area contributed by atoms with Crippen LogP contribution in [0.25, 0.3) is 4.96 Å². The molecule has 1 unspecified atom stereocenters. The maximum Gasteiger partial charge on any atom is 0.193 e. The molecule has 0 bridgehead atoms. The molecule has 0 spiro atoms. The van der Waals surface area contributed by atoms with E-state index in [9.17, 15) is 5.11 Å². The van der Waals surface area contributed by atoms with Gasteiger partial charge in [0.1, 0.15) is 0 Å². The molecule has 102 valence electrons.